The smallest absolute Gasteiger partial charge is 0.387 e. The van der Waals surface area contributed by atoms with Crippen LogP contribution in [0.25, 0.3) is 0 Å². The van der Waals surface area contributed by atoms with Crippen LogP contribution in [0.4, 0.5) is 17.6 Å². The fourth-order valence-corrected chi connectivity index (χ4v) is 5.16. The fourth-order valence-electron chi connectivity index (χ4n) is 5.16. The van der Waals surface area contributed by atoms with Gasteiger partial charge in [0.05, 0.1) is 0 Å². The number of alkyl halides is 2. The SMILES string of the molecule is C/C=C/C[C@H]1CC[C@H]([C@H]2CC[C@H](c3cc(F)c(OC(F)F)c(F)c3)CC2)CC1. The van der Waals surface area contributed by atoms with Crippen LogP contribution in [-0.2, 0) is 0 Å². The second kappa shape index (κ2) is 9.80. The molecule has 0 radical (unpaired) electrons. The monoisotopic (exact) mass is 398 g/mol. The molecule has 2 saturated carbocycles. The third-order valence-electron chi connectivity index (χ3n) is 6.73. The van der Waals surface area contributed by atoms with Gasteiger partial charge in [-0.25, -0.2) is 8.78 Å². The van der Waals surface area contributed by atoms with Crippen LogP contribution in [0.2, 0.25) is 0 Å². The van der Waals surface area contributed by atoms with E-state index in [1.54, 1.807) is 0 Å². The summed E-state index contributed by atoms with van der Waals surface area (Å²) in [5, 5.41) is 0. The van der Waals surface area contributed by atoms with Crippen molar-refractivity contribution in [1.82, 2.24) is 0 Å². The lowest BCUT2D eigenvalue weighted by Gasteiger charge is -2.38. The van der Waals surface area contributed by atoms with Gasteiger partial charge in [-0.15, -0.1) is 0 Å². The molecule has 156 valence electrons. The van der Waals surface area contributed by atoms with Gasteiger partial charge in [0.2, 0.25) is 0 Å². The lowest BCUT2D eigenvalue weighted by molar-refractivity contribution is -0.0546. The van der Waals surface area contributed by atoms with E-state index in [1.165, 1.54) is 32.1 Å². The number of halogens is 4. The Labute approximate surface area is 165 Å². The van der Waals surface area contributed by atoms with E-state index in [-0.39, 0.29) is 5.92 Å². The van der Waals surface area contributed by atoms with E-state index in [9.17, 15) is 17.6 Å². The van der Waals surface area contributed by atoms with E-state index in [4.69, 9.17) is 0 Å². The van der Waals surface area contributed by atoms with Crippen molar-refractivity contribution < 1.29 is 22.3 Å². The van der Waals surface area contributed by atoms with Crippen molar-refractivity contribution in [2.45, 2.75) is 77.2 Å². The highest BCUT2D eigenvalue weighted by molar-refractivity contribution is 5.33. The van der Waals surface area contributed by atoms with Crippen molar-refractivity contribution in [3.05, 3.63) is 41.5 Å². The molecule has 0 atom stereocenters. The molecule has 1 nitrogen and oxygen atoms in total. The van der Waals surface area contributed by atoms with Crippen molar-refractivity contribution >= 4 is 0 Å². The van der Waals surface area contributed by atoms with E-state index in [1.807, 2.05) is 0 Å². The molecule has 0 saturated heterocycles. The molecule has 1 aromatic carbocycles. The summed E-state index contributed by atoms with van der Waals surface area (Å²) in [4.78, 5) is 0. The molecular weight excluding hydrogens is 368 g/mol. The summed E-state index contributed by atoms with van der Waals surface area (Å²) in [7, 11) is 0. The van der Waals surface area contributed by atoms with Crippen molar-refractivity contribution in [3.63, 3.8) is 0 Å². The molecule has 0 N–H and O–H groups in total. The zero-order chi connectivity index (χ0) is 20.1. The molecule has 0 aliphatic heterocycles. The van der Waals surface area contributed by atoms with Gasteiger partial charge >= 0.3 is 6.61 Å². The zero-order valence-corrected chi connectivity index (χ0v) is 16.5. The summed E-state index contributed by atoms with van der Waals surface area (Å²) in [6.07, 6.45) is 14.7. The highest BCUT2D eigenvalue weighted by atomic mass is 19.3. The highest BCUT2D eigenvalue weighted by Crippen LogP contribution is 2.45. The molecule has 0 amide bonds. The van der Waals surface area contributed by atoms with Gasteiger partial charge < -0.3 is 4.74 Å². The molecule has 2 aliphatic carbocycles. The molecule has 5 heteroatoms. The molecule has 0 spiro atoms. The molecule has 0 unspecified atom stereocenters. The largest absolute Gasteiger partial charge is 0.429 e. The number of ether oxygens (including phenoxy) is 1. The average Bonchev–Trinajstić information content (AvgIpc) is 2.69. The van der Waals surface area contributed by atoms with Crippen LogP contribution in [0.15, 0.2) is 24.3 Å². The molecular formula is C23H30F4O. The molecule has 2 fully saturated rings. The number of rotatable bonds is 6. The number of hydrogen-bond acceptors (Lipinski definition) is 1. The minimum atomic E-state index is -3.24. The molecule has 0 heterocycles. The predicted molar refractivity (Wildman–Crippen MR) is 103 cm³/mol. The van der Waals surface area contributed by atoms with Crippen LogP contribution in [-0.4, -0.2) is 6.61 Å². The first-order chi connectivity index (χ1) is 13.5. The van der Waals surface area contributed by atoms with E-state index >= 15 is 0 Å². The molecule has 3 rings (SSSR count). The van der Waals surface area contributed by atoms with Crippen LogP contribution in [0.3, 0.4) is 0 Å². The van der Waals surface area contributed by atoms with Crippen molar-refractivity contribution in [2.24, 2.45) is 17.8 Å². The number of benzene rings is 1. The van der Waals surface area contributed by atoms with Gasteiger partial charge in [0.25, 0.3) is 0 Å². The van der Waals surface area contributed by atoms with Gasteiger partial charge in [0.1, 0.15) is 0 Å². The predicted octanol–water partition coefficient (Wildman–Crippen LogP) is 7.61. The summed E-state index contributed by atoms with van der Waals surface area (Å²) in [5.41, 5.74) is 0.560. The number of hydrogen-bond donors (Lipinski definition) is 0. The summed E-state index contributed by atoms with van der Waals surface area (Å²) >= 11 is 0. The summed E-state index contributed by atoms with van der Waals surface area (Å²) in [5.74, 6) is -0.681. The third-order valence-corrected chi connectivity index (χ3v) is 6.73. The van der Waals surface area contributed by atoms with E-state index < -0.39 is 24.0 Å². The van der Waals surface area contributed by atoms with Gasteiger partial charge in [0, 0.05) is 0 Å². The lowest BCUT2D eigenvalue weighted by Crippen LogP contribution is -2.25. The molecule has 28 heavy (non-hydrogen) atoms. The minimum absolute atomic E-state index is 0.0897. The Bertz CT molecular complexity index is 634. The lowest BCUT2D eigenvalue weighted by atomic mass is 9.68. The Balaban J connectivity index is 1.53. The van der Waals surface area contributed by atoms with Crippen molar-refractivity contribution in [1.29, 1.82) is 0 Å². The quantitative estimate of drug-likeness (QED) is 0.354. The Kier molecular flexibility index (Phi) is 7.42. The van der Waals surface area contributed by atoms with E-state index in [2.05, 4.69) is 23.8 Å². The van der Waals surface area contributed by atoms with Crippen LogP contribution in [0, 0.1) is 29.4 Å². The fraction of sp³-hybridized carbons (Fsp3) is 0.652. The van der Waals surface area contributed by atoms with Crippen LogP contribution in [0.1, 0.15) is 76.2 Å². The van der Waals surface area contributed by atoms with Crippen molar-refractivity contribution in [2.75, 3.05) is 0 Å². The van der Waals surface area contributed by atoms with E-state index in [0.717, 1.165) is 49.7 Å². The van der Waals surface area contributed by atoms with Crippen LogP contribution < -0.4 is 4.74 Å². The van der Waals surface area contributed by atoms with Gasteiger partial charge in [0.15, 0.2) is 17.4 Å². The van der Waals surface area contributed by atoms with Gasteiger partial charge in [-0.3, -0.25) is 0 Å². The van der Waals surface area contributed by atoms with Crippen molar-refractivity contribution in [3.8, 4) is 5.75 Å². The maximum atomic E-state index is 14.0. The summed E-state index contributed by atoms with van der Waals surface area (Å²) in [6, 6.07) is 2.33. The van der Waals surface area contributed by atoms with Gasteiger partial charge in [-0.05, 0) is 106 Å². The van der Waals surface area contributed by atoms with Gasteiger partial charge in [-0.1, -0.05) is 12.2 Å². The second-order valence-electron chi connectivity index (χ2n) is 8.39. The summed E-state index contributed by atoms with van der Waals surface area (Å²) in [6.45, 7) is -1.17. The Morgan fingerprint density at radius 2 is 1.46 bits per heavy atom. The zero-order valence-electron chi connectivity index (χ0n) is 16.5. The molecule has 0 bridgehead atoms. The molecule has 0 aromatic heterocycles. The topological polar surface area (TPSA) is 9.23 Å². The Hall–Kier alpha value is -1.52. The maximum Gasteiger partial charge on any atom is 0.387 e. The Morgan fingerprint density at radius 1 is 0.929 bits per heavy atom. The minimum Gasteiger partial charge on any atom is -0.429 e. The highest BCUT2D eigenvalue weighted by Gasteiger charge is 2.31. The Morgan fingerprint density at radius 3 is 1.96 bits per heavy atom. The standard InChI is InChI=1S/C23H30F4O/c1-2-3-4-15-5-7-16(8-6-15)17-9-11-18(12-10-17)19-13-20(24)22(21(25)14-19)28-23(26)27/h2-3,13-18,23H,4-12H2,1H3/b3-2+/t15-,16-,17-,18-. The maximum absolute atomic E-state index is 14.0. The first-order valence-electron chi connectivity index (χ1n) is 10.5. The molecule has 1 aromatic rings. The molecule has 2 aliphatic rings. The average molecular weight is 398 g/mol. The van der Waals surface area contributed by atoms with Crippen LogP contribution >= 0.6 is 0 Å². The third kappa shape index (κ3) is 5.30. The second-order valence-corrected chi connectivity index (χ2v) is 8.39. The first kappa shape index (κ1) is 21.2. The number of allylic oxidation sites excluding steroid dienone is 2. The normalized spacial score (nSPS) is 28.8. The van der Waals surface area contributed by atoms with Gasteiger partial charge in [-0.2, -0.15) is 8.78 Å². The van der Waals surface area contributed by atoms with Crippen LogP contribution in [0.5, 0.6) is 5.75 Å². The summed E-state index contributed by atoms with van der Waals surface area (Å²) < 4.78 is 56.6. The van der Waals surface area contributed by atoms with E-state index in [0.29, 0.717) is 11.5 Å². The first-order valence-corrected chi connectivity index (χ1v) is 10.5.